The summed E-state index contributed by atoms with van der Waals surface area (Å²) in [7, 11) is 3.73. The first-order valence-corrected chi connectivity index (χ1v) is 16.2. The van der Waals surface area contributed by atoms with Gasteiger partial charge >= 0.3 is 6.09 Å². The van der Waals surface area contributed by atoms with Crippen molar-refractivity contribution in [2.24, 2.45) is 14.1 Å². The summed E-state index contributed by atoms with van der Waals surface area (Å²) in [6, 6.07) is 0. The van der Waals surface area contributed by atoms with Gasteiger partial charge in [0.1, 0.15) is 18.3 Å². The van der Waals surface area contributed by atoms with Gasteiger partial charge < -0.3 is 25.6 Å². The highest BCUT2D eigenvalue weighted by atomic mass is 16.6. The van der Waals surface area contributed by atoms with Crippen LogP contribution in [0.3, 0.4) is 0 Å². The number of nitrogens with zero attached hydrogens (tertiary/aromatic N) is 13. The third-order valence-corrected chi connectivity index (χ3v) is 8.23. The number of nitrogens with one attached hydrogen (secondary N) is 3. The minimum Gasteiger partial charge on any atom is -0.444 e. The van der Waals surface area contributed by atoms with Crippen molar-refractivity contribution in [1.82, 2.24) is 68.9 Å². The lowest BCUT2D eigenvalue weighted by atomic mass is 10.1. The first-order valence-electron chi connectivity index (χ1n) is 16.2. The van der Waals surface area contributed by atoms with Crippen LogP contribution in [0.15, 0.2) is 49.8 Å². The Morgan fingerprint density at radius 2 is 1.39 bits per heavy atom. The minimum atomic E-state index is -0.506. The molecule has 0 saturated carbocycles. The maximum atomic E-state index is 12.4. The molecule has 2 saturated heterocycles. The summed E-state index contributed by atoms with van der Waals surface area (Å²) >= 11 is 0. The number of rotatable bonds is 6. The molecule has 2 atom stereocenters. The molecule has 8 rings (SSSR count). The maximum Gasteiger partial charge on any atom is 0.410 e. The van der Waals surface area contributed by atoms with E-state index in [1.165, 1.54) is 6.33 Å². The number of aromatic nitrogens is 12. The van der Waals surface area contributed by atoms with E-state index < -0.39 is 5.60 Å². The third-order valence-electron chi connectivity index (χ3n) is 8.23. The van der Waals surface area contributed by atoms with Crippen LogP contribution >= 0.6 is 0 Å². The number of carbonyl (C=O) groups is 1. The number of hydrogen-bond donors (Lipinski definition) is 3. The molecule has 0 radical (unpaired) electrons. The lowest BCUT2D eigenvalue weighted by molar-refractivity contribution is 0.0292. The highest BCUT2D eigenvalue weighted by molar-refractivity contribution is 5.70. The highest BCUT2D eigenvalue weighted by Crippen LogP contribution is 2.30. The fraction of sp³-hybridized carbons (Fsp3) is 0.452. The molecule has 0 aliphatic carbocycles. The number of ether oxygens (including phenoxy) is 1. The molecule has 18 heteroatoms. The van der Waals surface area contributed by atoms with Gasteiger partial charge in [-0.15, -0.1) is 0 Å². The van der Waals surface area contributed by atoms with Crippen molar-refractivity contribution in [2.45, 2.75) is 51.0 Å². The van der Waals surface area contributed by atoms with Crippen molar-refractivity contribution in [3.8, 4) is 0 Å². The summed E-state index contributed by atoms with van der Waals surface area (Å²) in [5, 5.41) is 26.7. The van der Waals surface area contributed by atoms with Crippen LogP contribution in [0, 0.1) is 0 Å². The molecule has 0 spiro atoms. The predicted octanol–water partition coefficient (Wildman–Crippen LogP) is 3.00. The Kier molecular flexibility index (Phi) is 8.53. The molecular formula is C31H40N16O2. The smallest absolute Gasteiger partial charge is 0.410 e. The summed E-state index contributed by atoms with van der Waals surface area (Å²) < 4.78 is 12.4. The van der Waals surface area contributed by atoms with Gasteiger partial charge in [-0.3, -0.25) is 9.36 Å². The maximum absolute atomic E-state index is 12.4. The third kappa shape index (κ3) is 7.28. The average Bonchev–Trinajstić information content (AvgIpc) is 3.90. The van der Waals surface area contributed by atoms with Gasteiger partial charge in [-0.1, -0.05) is 0 Å². The van der Waals surface area contributed by atoms with E-state index in [2.05, 4.69) is 46.3 Å². The Bertz CT molecular complexity index is 2060. The summed E-state index contributed by atoms with van der Waals surface area (Å²) in [6.07, 6.45) is 15.8. The van der Waals surface area contributed by atoms with E-state index in [1.54, 1.807) is 42.0 Å². The number of anilines is 4. The molecule has 0 aromatic carbocycles. The van der Waals surface area contributed by atoms with Crippen LogP contribution in [0.1, 0.15) is 56.8 Å². The molecular weight excluding hydrogens is 628 g/mol. The highest BCUT2D eigenvalue weighted by Gasteiger charge is 2.32. The standard InChI is InChI=1S/C18H24N8O2.C13H16N8/c1-18(2,3)28-17(27)25-6-5-12(8-25)14-10-26-16(19-11-21-26)15(23-14)22-13-7-20-24(4)9-13;1-20-6-10(5-16-20)18-12-13-15-8-17-21(13)7-11(19-12)9-2-3-14-4-9/h7,9-12H,5-6,8H2,1-4H3,(H,22,23);5-9,14H,2-4H2,1H3,(H,18,19)/t12-;9-/m00/s1. The first kappa shape index (κ1) is 31.9. The molecule has 8 heterocycles. The van der Waals surface area contributed by atoms with Gasteiger partial charge in [0, 0.05) is 58.0 Å². The number of amides is 1. The van der Waals surface area contributed by atoms with Gasteiger partial charge in [-0.05, 0) is 40.2 Å². The molecule has 1 amide bonds. The molecule has 2 aliphatic heterocycles. The minimum absolute atomic E-state index is 0.107. The van der Waals surface area contributed by atoms with Gasteiger partial charge in [-0.25, -0.2) is 33.8 Å². The molecule has 49 heavy (non-hydrogen) atoms. The molecule has 0 bridgehead atoms. The van der Waals surface area contributed by atoms with Crippen LogP contribution in [0.2, 0.25) is 0 Å². The Hall–Kier alpha value is -5.65. The van der Waals surface area contributed by atoms with Crippen LogP contribution in [-0.4, -0.2) is 101 Å². The quantitative estimate of drug-likeness (QED) is 0.235. The largest absolute Gasteiger partial charge is 0.444 e. The van der Waals surface area contributed by atoms with Gasteiger partial charge in [-0.2, -0.15) is 20.4 Å². The summed E-state index contributed by atoms with van der Waals surface area (Å²) in [5.41, 5.74) is 4.44. The molecule has 0 unspecified atom stereocenters. The monoisotopic (exact) mass is 668 g/mol. The van der Waals surface area contributed by atoms with Gasteiger partial charge in [0.05, 0.1) is 47.6 Å². The number of likely N-dealkylation sites (tertiary alicyclic amines) is 1. The van der Waals surface area contributed by atoms with E-state index in [4.69, 9.17) is 14.7 Å². The zero-order chi connectivity index (χ0) is 34.1. The van der Waals surface area contributed by atoms with E-state index in [9.17, 15) is 4.79 Å². The summed E-state index contributed by atoms with van der Waals surface area (Å²) in [5.74, 6) is 1.85. The zero-order valence-corrected chi connectivity index (χ0v) is 28.1. The second-order valence-electron chi connectivity index (χ2n) is 13.2. The van der Waals surface area contributed by atoms with Crippen LogP contribution in [-0.2, 0) is 18.8 Å². The van der Waals surface area contributed by atoms with Crippen molar-refractivity contribution in [3.05, 3.63) is 61.2 Å². The number of carbonyl (C=O) groups excluding carboxylic acids is 1. The SMILES string of the molecule is Cn1cc(Nc2nc([C@H]3CCN(C(=O)OC(C)(C)C)C3)cn3ncnc23)cn1.Cn1cc(Nc2nc([C@H]3CCNC3)cn3ncnc23)cn1. The van der Waals surface area contributed by atoms with Crippen LogP contribution < -0.4 is 16.0 Å². The van der Waals surface area contributed by atoms with Crippen molar-refractivity contribution in [3.63, 3.8) is 0 Å². The van der Waals surface area contributed by atoms with E-state index in [-0.39, 0.29) is 12.0 Å². The van der Waals surface area contributed by atoms with Crippen LogP contribution in [0.4, 0.5) is 27.8 Å². The molecule has 18 nitrogen and oxygen atoms in total. The second-order valence-corrected chi connectivity index (χ2v) is 13.2. The van der Waals surface area contributed by atoms with Crippen molar-refractivity contribution < 1.29 is 9.53 Å². The molecule has 3 N–H and O–H groups in total. The van der Waals surface area contributed by atoms with Crippen LogP contribution in [0.5, 0.6) is 0 Å². The van der Waals surface area contributed by atoms with E-state index >= 15 is 0 Å². The lowest BCUT2D eigenvalue weighted by Crippen LogP contribution is -2.35. The average molecular weight is 669 g/mol. The van der Waals surface area contributed by atoms with Gasteiger partial charge in [0.15, 0.2) is 22.9 Å². The topological polar surface area (TPSA) is 187 Å². The number of aryl methyl sites for hydroxylation is 2. The number of fused-ring (bicyclic) bond motifs is 2. The van der Waals surface area contributed by atoms with E-state index in [0.29, 0.717) is 41.9 Å². The Balaban J connectivity index is 0.000000160. The molecule has 2 fully saturated rings. The summed E-state index contributed by atoms with van der Waals surface area (Å²) in [6.45, 7) is 8.81. The number of hydrogen-bond acceptors (Lipinski definition) is 13. The second kappa shape index (κ2) is 13.1. The fourth-order valence-electron chi connectivity index (χ4n) is 5.90. The predicted molar refractivity (Wildman–Crippen MR) is 180 cm³/mol. The van der Waals surface area contributed by atoms with Crippen LogP contribution in [0.25, 0.3) is 11.3 Å². The van der Waals surface area contributed by atoms with Crippen molar-refractivity contribution >= 4 is 40.4 Å². The van der Waals surface area contributed by atoms with Gasteiger partial charge in [0.2, 0.25) is 0 Å². The van der Waals surface area contributed by atoms with Crippen molar-refractivity contribution in [2.75, 3.05) is 36.8 Å². The fourth-order valence-corrected chi connectivity index (χ4v) is 5.90. The van der Waals surface area contributed by atoms with E-state index in [1.807, 2.05) is 59.7 Å². The van der Waals surface area contributed by atoms with Gasteiger partial charge in [0.25, 0.3) is 0 Å². The zero-order valence-electron chi connectivity index (χ0n) is 28.1. The normalized spacial score (nSPS) is 17.8. The molecule has 6 aromatic rings. The summed E-state index contributed by atoms with van der Waals surface area (Å²) in [4.78, 5) is 32.2. The Morgan fingerprint density at radius 1 is 0.816 bits per heavy atom. The molecule has 2 aliphatic rings. The Morgan fingerprint density at radius 3 is 1.88 bits per heavy atom. The first-order chi connectivity index (χ1) is 23.6. The van der Waals surface area contributed by atoms with Crippen molar-refractivity contribution in [1.29, 1.82) is 0 Å². The van der Waals surface area contributed by atoms with E-state index in [0.717, 1.165) is 48.7 Å². The Labute approximate surface area is 281 Å². The molecule has 6 aromatic heterocycles. The lowest BCUT2D eigenvalue weighted by Gasteiger charge is -2.24. The molecule has 256 valence electrons.